The molecule has 0 atom stereocenters. The van der Waals surface area contributed by atoms with Crippen LogP contribution in [-0.2, 0) is 4.74 Å². The average Bonchev–Trinajstić information content (AvgIpc) is 2.14. The van der Waals surface area contributed by atoms with E-state index in [9.17, 15) is 4.79 Å². The van der Waals surface area contributed by atoms with Crippen molar-refractivity contribution in [2.24, 2.45) is 0 Å². The van der Waals surface area contributed by atoms with E-state index in [2.05, 4.69) is 0 Å². The third-order valence-electron chi connectivity index (χ3n) is 1.67. The first-order valence-corrected chi connectivity index (χ1v) is 4.96. The van der Waals surface area contributed by atoms with Crippen molar-refractivity contribution >= 4 is 29.0 Å². The van der Waals surface area contributed by atoms with Gasteiger partial charge >= 0.3 is 0 Å². The van der Waals surface area contributed by atoms with Gasteiger partial charge in [-0.2, -0.15) is 0 Å². The highest BCUT2D eigenvalue weighted by Crippen LogP contribution is 2.21. The van der Waals surface area contributed by atoms with Gasteiger partial charge in [-0.05, 0) is 25.1 Å². The maximum Gasteiger partial charge on any atom is 0.189 e. The average molecular weight is 233 g/mol. The molecule has 76 valence electrons. The number of carbonyl (C=O) groups excluding carboxylic acids is 1. The number of ether oxygens (including phenoxy) is 1. The fourth-order valence-electron chi connectivity index (χ4n) is 0.988. The molecule has 0 amide bonds. The van der Waals surface area contributed by atoms with Gasteiger partial charge in [-0.3, -0.25) is 4.79 Å². The summed E-state index contributed by atoms with van der Waals surface area (Å²) in [7, 11) is 0. The summed E-state index contributed by atoms with van der Waals surface area (Å²) in [5, 5.41) is 0.880. The van der Waals surface area contributed by atoms with Gasteiger partial charge in [0.2, 0.25) is 0 Å². The third-order valence-corrected chi connectivity index (χ3v) is 2.22. The minimum absolute atomic E-state index is 0.0534. The summed E-state index contributed by atoms with van der Waals surface area (Å²) in [6.45, 7) is 2.39. The highest BCUT2D eigenvalue weighted by atomic mass is 35.5. The summed E-state index contributed by atoms with van der Waals surface area (Å²) in [4.78, 5) is 11.5. The number of rotatable bonds is 4. The minimum atomic E-state index is -0.131. The molecule has 0 bridgehead atoms. The molecule has 14 heavy (non-hydrogen) atoms. The second kappa shape index (κ2) is 5.35. The van der Waals surface area contributed by atoms with Crippen LogP contribution in [-0.4, -0.2) is 19.0 Å². The molecule has 0 spiro atoms. The maximum atomic E-state index is 11.5. The van der Waals surface area contributed by atoms with Gasteiger partial charge in [0.25, 0.3) is 0 Å². The molecule has 0 saturated heterocycles. The van der Waals surface area contributed by atoms with E-state index in [1.54, 1.807) is 18.2 Å². The molecular formula is C10H10Cl2O2. The van der Waals surface area contributed by atoms with Crippen molar-refractivity contribution in [1.82, 2.24) is 0 Å². The standard InChI is InChI=1S/C10H10Cl2O2/c1-2-14-6-10(13)8-4-3-7(11)5-9(8)12/h3-5H,2,6H2,1H3. The Bertz CT molecular complexity index is 337. The zero-order chi connectivity index (χ0) is 10.6. The number of carbonyl (C=O) groups is 1. The first-order chi connectivity index (χ1) is 6.65. The van der Waals surface area contributed by atoms with Crippen LogP contribution in [0.5, 0.6) is 0 Å². The monoisotopic (exact) mass is 232 g/mol. The van der Waals surface area contributed by atoms with Gasteiger partial charge in [0.05, 0.1) is 5.02 Å². The Morgan fingerprint density at radius 1 is 1.43 bits per heavy atom. The van der Waals surface area contributed by atoms with Crippen LogP contribution in [0.15, 0.2) is 18.2 Å². The van der Waals surface area contributed by atoms with Gasteiger partial charge in [-0.15, -0.1) is 0 Å². The van der Waals surface area contributed by atoms with Gasteiger partial charge in [-0.25, -0.2) is 0 Å². The van der Waals surface area contributed by atoms with Crippen molar-refractivity contribution in [3.05, 3.63) is 33.8 Å². The number of ketones is 1. The number of hydrogen-bond acceptors (Lipinski definition) is 2. The topological polar surface area (TPSA) is 26.3 Å². The Morgan fingerprint density at radius 3 is 2.71 bits per heavy atom. The number of Topliss-reactive ketones (excluding diaryl/α,β-unsaturated/α-hetero) is 1. The Morgan fingerprint density at radius 2 is 2.14 bits per heavy atom. The van der Waals surface area contributed by atoms with E-state index in [4.69, 9.17) is 27.9 Å². The fourth-order valence-corrected chi connectivity index (χ4v) is 1.50. The molecule has 1 aromatic carbocycles. The molecule has 0 aliphatic heterocycles. The third kappa shape index (κ3) is 2.98. The van der Waals surface area contributed by atoms with Crippen molar-refractivity contribution < 1.29 is 9.53 Å². The molecule has 0 fully saturated rings. The molecule has 0 unspecified atom stereocenters. The molecule has 0 N–H and O–H groups in total. The lowest BCUT2D eigenvalue weighted by molar-refractivity contribution is 0.0783. The predicted octanol–water partition coefficient (Wildman–Crippen LogP) is 3.21. The van der Waals surface area contributed by atoms with Gasteiger partial charge in [0.15, 0.2) is 5.78 Å². The summed E-state index contributed by atoms with van der Waals surface area (Å²) in [5.41, 5.74) is 0.449. The first-order valence-electron chi connectivity index (χ1n) is 4.21. The van der Waals surface area contributed by atoms with Gasteiger partial charge < -0.3 is 4.74 Å². The largest absolute Gasteiger partial charge is 0.374 e. The Labute approximate surface area is 92.8 Å². The number of halogens is 2. The second-order valence-electron chi connectivity index (χ2n) is 2.68. The Hall–Kier alpha value is -0.570. The normalized spacial score (nSPS) is 10.2. The molecule has 2 nitrogen and oxygen atoms in total. The molecule has 0 radical (unpaired) electrons. The van der Waals surface area contributed by atoms with Crippen molar-refractivity contribution in [3.8, 4) is 0 Å². The summed E-state index contributed by atoms with van der Waals surface area (Å²) in [6.07, 6.45) is 0. The highest BCUT2D eigenvalue weighted by Gasteiger charge is 2.10. The molecule has 1 aromatic rings. The van der Waals surface area contributed by atoms with Crippen LogP contribution >= 0.6 is 23.2 Å². The second-order valence-corrected chi connectivity index (χ2v) is 3.53. The van der Waals surface area contributed by atoms with Crippen LogP contribution in [0.3, 0.4) is 0 Å². The predicted molar refractivity (Wildman–Crippen MR) is 57.3 cm³/mol. The van der Waals surface area contributed by atoms with Crippen molar-refractivity contribution in [2.75, 3.05) is 13.2 Å². The number of hydrogen-bond donors (Lipinski definition) is 0. The smallest absolute Gasteiger partial charge is 0.189 e. The van der Waals surface area contributed by atoms with Crippen LogP contribution in [0.1, 0.15) is 17.3 Å². The van der Waals surface area contributed by atoms with E-state index in [1.165, 1.54) is 0 Å². The molecular weight excluding hydrogens is 223 g/mol. The van der Waals surface area contributed by atoms with Crippen LogP contribution in [0.4, 0.5) is 0 Å². The summed E-state index contributed by atoms with van der Waals surface area (Å²) in [6, 6.07) is 4.78. The zero-order valence-corrected chi connectivity index (χ0v) is 9.23. The van der Waals surface area contributed by atoms with Crippen LogP contribution < -0.4 is 0 Å². The van der Waals surface area contributed by atoms with Gasteiger partial charge in [-0.1, -0.05) is 23.2 Å². The first kappa shape index (κ1) is 11.5. The lowest BCUT2D eigenvalue weighted by Crippen LogP contribution is -2.09. The van der Waals surface area contributed by atoms with Crippen LogP contribution in [0.2, 0.25) is 10.0 Å². The van der Waals surface area contributed by atoms with Gasteiger partial charge in [0.1, 0.15) is 6.61 Å². The molecule has 0 aliphatic carbocycles. The van der Waals surface area contributed by atoms with E-state index >= 15 is 0 Å². The van der Waals surface area contributed by atoms with E-state index in [0.717, 1.165) is 0 Å². The fraction of sp³-hybridized carbons (Fsp3) is 0.300. The molecule has 0 saturated carbocycles. The quantitative estimate of drug-likeness (QED) is 0.746. The van der Waals surface area contributed by atoms with Gasteiger partial charge in [0, 0.05) is 17.2 Å². The van der Waals surface area contributed by atoms with E-state index in [0.29, 0.717) is 22.2 Å². The molecule has 1 rings (SSSR count). The van der Waals surface area contributed by atoms with Crippen molar-refractivity contribution in [3.63, 3.8) is 0 Å². The summed E-state index contributed by atoms with van der Waals surface area (Å²) >= 11 is 11.5. The van der Waals surface area contributed by atoms with Crippen LogP contribution in [0, 0.1) is 0 Å². The summed E-state index contributed by atoms with van der Waals surface area (Å²) < 4.78 is 4.99. The molecule has 0 heterocycles. The SMILES string of the molecule is CCOCC(=O)c1ccc(Cl)cc1Cl. The minimum Gasteiger partial charge on any atom is -0.374 e. The lowest BCUT2D eigenvalue weighted by Gasteiger charge is -2.03. The number of benzene rings is 1. The van der Waals surface area contributed by atoms with Crippen molar-refractivity contribution in [1.29, 1.82) is 0 Å². The van der Waals surface area contributed by atoms with E-state index in [1.807, 2.05) is 6.92 Å². The van der Waals surface area contributed by atoms with Crippen LogP contribution in [0.25, 0.3) is 0 Å². The summed E-state index contributed by atoms with van der Waals surface area (Å²) in [5.74, 6) is -0.131. The molecule has 4 heteroatoms. The van der Waals surface area contributed by atoms with E-state index < -0.39 is 0 Å². The Balaban J connectivity index is 2.80. The molecule has 0 aromatic heterocycles. The zero-order valence-electron chi connectivity index (χ0n) is 7.72. The highest BCUT2D eigenvalue weighted by molar-refractivity contribution is 6.36. The maximum absolute atomic E-state index is 11.5. The Kier molecular flexibility index (Phi) is 4.39. The van der Waals surface area contributed by atoms with E-state index in [-0.39, 0.29) is 12.4 Å². The molecule has 0 aliphatic rings. The van der Waals surface area contributed by atoms with Crippen molar-refractivity contribution in [2.45, 2.75) is 6.92 Å². The lowest BCUT2D eigenvalue weighted by atomic mass is 10.1.